The van der Waals surface area contributed by atoms with Gasteiger partial charge in [-0.2, -0.15) is 18.4 Å². The van der Waals surface area contributed by atoms with Gasteiger partial charge in [0.1, 0.15) is 5.75 Å². The van der Waals surface area contributed by atoms with Crippen molar-refractivity contribution in [3.05, 3.63) is 53.7 Å². The zero-order valence-electron chi connectivity index (χ0n) is 13.9. The van der Waals surface area contributed by atoms with E-state index in [1.54, 1.807) is 30.1 Å². The number of halogens is 3. The van der Waals surface area contributed by atoms with Gasteiger partial charge in [-0.1, -0.05) is 17.2 Å². The van der Waals surface area contributed by atoms with Crippen LogP contribution >= 0.6 is 11.8 Å². The van der Waals surface area contributed by atoms with Gasteiger partial charge in [0.25, 0.3) is 0 Å². The van der Waals surface area contributed by atoms with Crippen LogP contribution < -0.4 is 10.1 Å². The van der Waals surface area contributed by atoms with Crippen molar-refractivity contribution < 1.29 is 17.9 Å². The van der Waals surface area contributed by atoms with Gasteiger partial charge in [0.2, 0.25) is 12.1 Å². The van der Waals surface area contributed by atoms with Gasteiger partial charge in [-0.25, -0.2) is 4.98 Å². The van der Waals surface area contributed by atoms with E-state index in [0.717, 1.165) is 30.1 Å². The van der Waals surface area contributed by atoms with Crippen molar-refractivity contribution >= 4 is 11.8 Å². The topological polar surface area (TPSA) is 82.7 Å². The van der Waals surface area contributed by atoms with Crippen LogP contribution in [-0.2, 0) is 12.6 Å². The summed E-state index contributed by atoms with van der Waals surface area (Å²) >= 11 is 1.58. The number of ether oxygens (including phenoxy) is 1. The second kappa shape index (κ2) is 7.94. The molecule has 0 radical (unpaired) electrons. The van der Waals surface area contributed by atoms with Gasteiger partial charge >= 0.3 is 6.18 Å². The number of hydrogen-bond donors (Lipinski definition) is 1. The maximum Gasteiger partial charge on any atom is 0.417 e. The van der Waals surface area contributed by atoms with E-state index in [1.165, 1.54) is 6.07 Å². The van der Waals surface area contributed by atoms with Crippen LogP contribution in [0.25, 0.3) is 0 Å². The second-order valence-electron chi connectivity index (χ2n) is 5.67. The molecule has 0 aliphatic carbocycles. The van der Waals surface area contributed by atoms with Crippen LogP contribution in [0, 0.1) is 11.5 Å². The predicted octanol–water partition coefficient (Wildman–Crippen LogP) is 4.36. The van der Waals surface area contributed by atoms with E-state index in [1.807, 2.05) is 12.1 Å². The molecule has 1 aromatic carbocycles. The molecule has 0 saturated carbocycles. The van der Waals surface area contributed by atoms with Crippen LogP contribution in [0.5, 0.6) is 11.6 Å². The first-order valence-corrected chi connectivity index (χ1v) is 8.89. The van der Waals surface area contributed by atoms with Crippen molar-refractivity contribution in [2.75, 3.05) is 12.3 Å². The summed E-state index contributed by atoms with van der Waals surface area (Å²) in [7, 11) is 0. The zero-order valence-corrected chi connectivity index (χ0v) is 14.7. The number of hydrogen-bond acceptors (Lipinski definition) is 7. The largest absolute Gasteiger partial charge is 0.439 e. The van der Waals surface area contributed by atoms with Crippen LogP contribution in [0.2, 0.25) is 0 Å². The Morgan fingerprint density at radius 1 is 1.26 bits per heavy atom. The standard InChI is InChI=1S/C17H14F3N5OS/c18-17(19,20)13-3-6-15(22-10-13)26-14-4-1-12(2-5-14)9-16(25-24-11-21)23-7-8-27-16/h1-6,10,23H,7-9H2. The molecule has 6 nitrogen and oxygen atoms in total. The van der Waals surface area contributed by atoms with Crippen LogP contribution in [0.1, 0.15) is 11.1 Å². The third-order valence-corrected chi connectivity index (χ3v) is 5.01. The van der Waals surface area contributed by atoms with Crippen molar-refractivity contribution in [3.8, 4) is 17.8 Å². The first-order chi connectivity index (χ1) is 12.9. The van der Waals surface area contributed by atoms with Gasteiger partial charge in [0.15, 0.2) is 4.99 Å². The molecule has 1 N–H and O–H groups in total. The molecule has 27 heavy (non-hydrogen) atoms. The number of nitriles is 1. The molecule has 0 bridgehead atoms. The Kier molecular flexibility index (Phi) is 5.62. The smallest absolute Gasteiger partial charge is 0.417 e. The number of aromatic nitrogens is 1. The Labute approximate surface area is 157 Å². The molecule has 1 aromatic heterocycles. The summed E-state index contributed by atoms with van der Waals surface area (Å²) in [6.07, 6.45) is -1.51. The van der Waals surface area contributed by atoms with Crippen LogP contribution in [0.4, 0.5) is 13.2 Å². The minimum Gasteiger partial charge on any atom is -0.439 e. The van der Waals surface area contributed by atoms with E-state index in [4.69, 9.17) is 10.00 Å². The van der Waals surface area contributed by atoms with Gasteiger partial charge in [-0.3, -0.25) is 5.32 Å². The highest BCUT2D eigenvalue weighted by Crippen LogP contribution is 2.34. The van der Waals surface area contributed by atoms with Crippen molar-refractivity contribution in [1.82, 2.24) is 10.3 Å². The SMILES string of the molecule is N#CN=NC1(Cc2ccc(Oc3ccc(C(F)(F)F)cn3)cc2)NCCS1. The van der Waals surface area contributed by atoms with E-state index in [-0.39, 0.29) is 5.88 Å². The summed E-state index contributed by atoms with van der Waals surface area (Å²) in [5, 5.41) is 19.4. The Hall–Kier alpha value is -2.64. The van der Waals surface area contributed by atoms with Gasteiger partial charge in [-0.15, -0.1) is 16.9 Å². The van der Waals surface area contributed by atoms with Gasteiger partial charge in [-0.05, 0) is 23.8 Å². The van der Waals surface area contributed by atoms with Crippen molar-refractivity contribution in [1.29, 1.82) is 5.26 Å². The van der Waals surface area contributed by atoms with Crippen molar-refractivity contribution in [2.24, 2.45) is 10.2 Å². The number of benzene rings is 1. The molecule has 10 heteroatoms. The average molecular weight is 393 g/mol. The fourth-order valence-corrected chi connectivity index (χ4v) is 3.63. The van der Waals surface area contributed by atoms with Gasteiger partial charge in [0, 0.05) is 31.0 Å². The number of nitrogens with zero attached hydrogens (tertiary/aromatic N) is 4. The molecule has 1 fully saturated rings. The summed E-state index contributed by atoms with van der Waals surface area (Å²) in [5.41, 5.74) is 0.116. The Morgan fingerprint density at radius 2 is 2.04 bits per heavy atom. The Morgan fingerprint density at radius 3 is 2.59 bits per heavy atom. The molecule has 2 heterocycles. The highest BCUT2D eigenvalue weighted by atomic mass is 32.2. The molecular formula is C17H14F3N5OS. The van der Waals surface area contributed by atoms with E-state index in [2.05, 4.69) is 20.5 Å². The van der Waals surface area contributed by atoms with Crippen LogP contribution in [0.15, 0.2) is 52.8 Å². The third-order valence-electron chi connectivity index (χ3n) is 3.75. The summed E-state index contributed by atoms with van der Waals surface area (Å²) < 4.78 is 43.1. The van der Waals surface area contributed by atoms with E-state index < -0.39 is 16.7 Å². The molecule has 3 rings (SSSR count). The number of rotatable bonds is 5. The van der Waals surface area contributed by atoms with Crippen LogP contribution in [0.3, 0.4) is 0 Å². The van der Waals surface area contributed by atoms with Crippen LogP contribution in [-0.4, -0.2) is 22.3 Å². The van der Waals surface area contributed by atoms with E-state index in [0.29, 0.717) is 12.2 Å². The lowest BCUT2D eigenvalue weighted by Gasteiger charge is -2.22. The molecule has 140 valence electrons. The van der Waals surface area contributed by atoms with E-state index in [9.17, 15) is 13.2 Å². The number of nitrogens with one attached hydrogen (secondary N) is 1. The fraction of sp³-hybridized carbons (Fsp3) is 0.294. The highest BCUT2D eigenvalue weighted by molar-refractivity contribution is 8.00. The number of thioether (sulfide) groups is 1. The van der Waals surface area contributed by atoms with Crippen molar-refractivity contribution in [3.63, 3.8) is 0 Å². The summed E-state index contributed by atoms with van der Waals surface area (Å²) in [5.74, 6) is 1.39. The summed E-state index contributed by atoms with van der Waals surface area (Å²) in [6.45, 7) is 0.774. The first kappa shape index (κ1) is 19.1. The number of alkyl halides is 3. The fourth-order valence-electron chi connectivity index (χ4n) is 2.51. The molecule has 0 amide bonds. The minimum atomic E-state index is -4.43. The summed E-state index contributed by atoms with van der Waals surface area (Å²) in [6, 6.07) is 9.14. The maximum absolute atomic E-state index is 12.5. The minimum absolute atomic E-state index is 0.0723. The van der Waals surface area contributed by atoms with Gasteiger partial charge in [0.05, 0.1) is 5.56 Å². The molecule has 1 aliphatic rings. The lowest BCUT2D eigenvalue weighted by atomic mass is 10.1. The third kappa shape index (κ3) is 4.96. The first-order valence-electron chi connectivity index (χ1n) is 7.90. The lowest BCUT2D eigenvalue weighted by Crippen LogP contribution is -2.37. The lowest BCUT2D eigenvalue weighted by molar-refractivity contribution is -0.137. The molecular weight excluding hydrogens is 379 g/mol. The zero-order chi connectivity index (χ0) is 19.3. The quantitative estimate of drug-likeness (QED) is 0.603. The maximum atomic E-state index is 12.5. The average Bonchev–Trinajstić information content (AvgIpc) is 3.10. The van der Waals surface area contributed by atoms with Gasteiger partial charge < -0.3 is 4.74 Å². The number of pyridine rings is 1. The molecule has 0 spiro atoms. The predicted molar refractivity (Wildman–Crippen MR) is 93.1 cm³/mol. The molecule has 1 unspecified atom stereocenters. The second-order valence-corrected chi connectivity index (χ2v) is 7.04. The molecule has 1 aliphatic heterocycles. The Bertz CT molecular complexity index is 841. The van der Waals surface area contributed by atoms with E-state index >= 15 is 0 Å². The normalized spacial score (nSPS) is 19.9. The summed E-state index contributed by atoms with van der Waals surface area (Å²) in [4.78, 5) is 3.02. The Balaban J connectivity index is 1.67. The van der Waals surface area contributed by atoms with Crippen molar-refractivity contribution in [2.45, 2.75) is 17.6 Å². The molecule has 1 saturated heterocycles. The molecule has 1 atom stereocenters. The molecule has 2 aromatic rings. The monoisotopic (exact) mass is 393 g/mol. The number of azo groups is 1. The highest BCUT2D eigenvalue weighted by Gasteiger charge is 2.35.